The van der Waals surface area contributed by atoms with Crippen LogP contribution in [-0.2, 0) is 13.5 Å². The highest BCUT2D eigenvalue weighted by atomic mass is 35.7. The fraction of sp³-hybridized carbons (Fsp3) is 0.625. The molecule has 0 aromatic carbocycles. The second kappa shape index (κ2) is 3.30. The van der Waals surface area contributed by atoms with E-state index in [1.165, 1.54) is 35.9 Å². The van der Waals surface area contributed by atoms with E-state index >= 15 is 0 Å². The SMILES string of the molecule is Cn1nc(SCl)cc1CC1CC1. The van der Waals surface area contributed by atoms with E-state index in [1.807, 2.05) is 11.7 Å². The number of halogens is 1. The Balaban J connectivity index is 2.12. The summed E-state index contributed by atoms with van der Waals surface area (Å²) in [5.74, 6) is 0.911. The fourth-order valence-corrected chi connectivity index (χ4v) is 1.88. The smallest absolute Gasteiger partial charge is 0.134 e. The first-order valence-electron chi connectivity index (χ1n) is 4.11. The summed E-state index contributed by atoms with van der Waals surface area (Å²) in [4.78, 5) is 0. The standard InChI is InChI=1S/C8H11ClN2S/c1-11-7(4-6-2-3-6)5-8(10-11)12-9/h5-6H,2-4H2,1H3. The van der Waals surface area contributed by atoms with Crippen LogP contribution in [0.4, 0.5) is 0 Å². The molecule has 0 N–H and O–H groups in total. The first-order chi connectivity index (χ1) is 5.79. The van der Waals surface area contributed by atoms with Gasteiger partial charge in [-0.1, -0.05) is 0 Å². The minimum absolute atomic E-state index is 0.911. The monoisotopic (exact) mass is 202 g/mol. The Morgan fingerprint density at radius 2 is 2.50 bits per heavy atom. The average Bonchev–Trinajstić information content (AvgIpc) is 2.78. The van der Waals surface area contributed by atoms with Gasteiger partial charge >= 0.3 is 0 Å². The number of hydrogen-bond donors (Lipinski definition) is 0. The Hall–Kier alpha value is -0.150. The van der Waals surface area contributed by atoms with Crippen molar-refractivity contribution in [3.05, 3.63) is 11.8 Å². The van der Waals surface area contributed by atoms with E-state index in [0.29, 0.717) is 0 Å². The maximum absolute atomic E-state index is 5.61. The van der Waals surface area contributed by atoms with Gasteiger partial charge in [-0.15, -0.1) is 0 Å². The van der Waals surface area contributed by atoms with Gasteiger partial charge in [0.15, 0.2) is 0 Å². The third kappa shape index (κ3) is 1.77. The molecule has 1 heterocycles. The first-order valence-corrected chi connectivity index (χ1v) is 5.75. The lowest BCUT2D eigenvalue weighted by Gasteiger charge is -1.97. The van der Waals surface area contributed by atoms with E-state index < -0.39 is 0 Å². The predicted octanol–water partition coefficient (Wildman–Crippen LogP) is 2.62. The lowest BCUT2D eigenvalue weighted by atomic mass is 10.2. The highest BCUT2D eigenvalue weighted by Crippen LogP contribution is 2.33. The van der Waals surface area contributed by atoms with Crippen LogP contribution in [0.15, 0.2) is 11.1 Å². The van der Waals surface area contributed by atoms with Crippen LogP contribution in [0.2, 0.25) is 0 Å². The van der Waals surface area contributed by atoms with Crippen LogP contribution in [0.1, 0.15) is 18.5 Å². The van der Waals surface area contributed by atoms with Gasteiger partial charge < -0.3 is 0 Å². The lowest BCUT2D eigenvalue weighted by molar-refractivity contribution is 0.665. The molecule has 0 atom stereocenters. The van der Waals surface area contributed by atoms with Gasteiger partial charge in [-0.05, 0) is 41.9 Å². The second-order valence-electron chi connectivity index (χ2n) is 3.32. The number of rotatable bonds is 3. The van der Waals surface area contributed by atoms with Crippen LogP contribution in [0.5, 0.6) is 0 Å². The van der Waals surface area contributed by atoms with Crippen molar-refractivity contribution in [2.75, 3.05) is 0 Å². The zero-order valence-electron chi connectivity index (χ0n) is 6.96. The molecular formula is C8H11ClN2S. The van der Waals surface area contributed by atoms with Crippen molar-refractivity contribution in [3.8, 4) is 0 Å². The van der Waals surface area contributed by atoms with Gasteiger partial charge in [-0.3, -0.25) is 4.68 Å². The first kappa shape index (κ1) is 8.45. The Kier molecular flexibility index (Phi) is 2.33. The van der Waals surface area contributed by atoms with Gasteiger partial charge in [0.05, 0.1) is 0 Å². The molecule has 0 bridgehead atoms. The maximum Gasteiger partial charge on any atom is 0.134 e. The summed E-state index contributed by atoms with van der Waals surface area (Å²) < 4.78 is 1.93. The van der Waals surface area contributed by atoms with Crippen molar-refractivity contribution in [2.24, 2.45) is 13.0 Å². The van der Waals surface area contributed by atoms with Crippen LogP contribution in [0.3, 0.4) is 0 Å². The molecular weight excluding hydrogens is 192 g/mol. The summed E-state index contributed by atoms with van der Waals surface area (Å²) in [6.45, 7) is 0. The summed E-state index contributed by atoms with van der Waals surface area (Å²) in [7, 11) is 8.78. The molecule has 0 spiro atoms. The van der Waals surface area contributed by atoms with Crippen LogP contribution >= 0.6 is 21.7 Å². The molecule has 1 fully saturated rings. The zero-order valence-corrected chi connectivity index (χ0v) is 8.53. The molecule has 1 saturated carbocycles. The van der Waals surface area contributed by atoms with E-state index in [1.54, 1.807) is 0 Å². The molecule has 1 aromatic rings. The van der Waals surface area contributed by atoms with E-state index in [4.69, 9.17) is 10.7 Å². The number of hydrogen-bond acceptors (Lipinski definition) is 2. The topological polar surface area (TPSA) is 17.8 Å². The van der Waals surface area contributed by atoms with Gasteiger partial charge in [-0.2, -0.15) is 5.10 Å². The molecule has 12 heavy (non-hydrogen) atoms. The van der Waals surface area contributed by atoms with Crippen molar-refractivity contribution in [2.45, 2.75) is 24.3 Å². The minimum Gasteiger partial charge on any atom is -0.271 e. The van der Waals surface area contributed by atoms with Gasteiger partial charge in [0.25, 0.3) is 0 Å². The van der Waals surface area contributed by atoms with Crippen LogP contribution in [0, 0.1) is 5.92 Å². The number of aromatic nitrogens is 2. The van der Waals surface area contributed by atoms with Gasteiger partial charge in [0.1, 0.15) is 5.03 Å². The third-order valence-electron chi connectivity index (χ3n) is 2.23. The predicted molar refractivity (Wildman–Crippen MR) is 51.3 cm³/mol. The maximum atomic E-state index is 5.61. The van der Waals surface area contributed by atoms with Gasteiger partial charge in [0, 0.05) is 23.7 Å². The van der Waals surface area contributed by atoms with Crippen molar-refractivity contribution in [3.63, 3.8) is 0 Å². The summed E-state index contributed by atoms with van der Waals surface area (Å²) in [5.41, 5.74) is 1.31. The third-order valence-corrected chi connectivity index (χ3v) is 3.06. The molecule has 4 heteroatoms. The van der Waals surface area contributed by atoms with E-state index in [0.717, 1.165) is 10.9 Å². The highest BCUT2D eigenvalue weighted by Gasteiger charge is 2.23. The van der Waals surface area contributed by atoms with Crippen LogP contribution in [-0.4, -0.2) is 9.78 Å². The Labute approximate surface area is 80.8 Å². The van der Waals surface area contributed by atoms with Crippen LogP contribution < -0.4 is 0 Å². The molecule has 2 nitrogen and oxygen atoms in total. The minimum atomic E-state index is 0.911. The Morgan fingerprint density at radius 1 is 1.75 bits per heavy atom. The molecule has 0 aliphatic heterocycles. The van der Waals surface area contributed by atoms with Crippen molar-refractivity contribution >= 4 is 21.7 Å². The number of nitrogens with zero attached hydrogens (tertiary/aromatic N) is 2. The Bertz CT molecular complexity index is 281. The normalized spacial score (nSPS) is 16.8. The largest absolute Gasteiger partial charge is 0.271 e. The summed E-state index contributed by atoms with van der Waals surface area (Å²) >= 11 is 0. The average molecular weight is 203 g/mol. The second-order valence-corrected chi connectivity index (χ2v) is 4.36. The molecule has 0 amide bonds. The van der Waals surface area contributed by atoms with Gasteiger partial charge in [0.2, 0.25) is 0 Å². The fourth-order valence-electron chi connectivity index (χ4n) is 1.32. The Morgan fingerprint density at radius 3 is 3.00 bits per heavy atom. The van der Waals surface area contributed by atoms with E-state index in [-0.39, 0.29) is 0 Å². The zero-order chi connectivity index (χ0) is 8.55. The molecule has 2 rings (SSSR count). The molecule has 0 radical (unpaired) electrons. The van der Waals surface area contributed by atoms with Crippen LogP contribution in [0.25, 0.3) is 0 Å². The van der Waals surface area contributed by atoms with Crippen molar-refractivity contribution in [1.82, 2.24) is 9.78 Å². The van der Waals surface area contributed by atoms with Crippen molar-refractivity contribution < 1.29 is 0 Å². The van der Waals surface area contributed by atoms with E-state index in [2.05, 4.69) is 11.2 Å². The summed E-state index contributed by atoms with van der Waals surface area (Å²) in [6.07, 6.45) is 3.93. The molecule has 0 saturated heterocycles. The summed E-state index contributed by atoms with van der Waals surface area (Å²) in [6, 6.07) is 2.08. The molecule has 66 valence electrons. The summed E-state index contributed by atoms with van der Waals surface area (Å²) in [5, 5.41) is 5.17. The molecule has 1 aliphatic carbocycles. The highest BCUT2D eigenvalue weighted by molar-refractivity contribution is 8.21. The van der Waals surface area contributed by atoms with Crippen molar-refractivity contribution in [1.29, 1.82) is 0 Å². The molecule has 1 aliphatic rings. The molecule has 1 aromatic heterocycles. The lowest BCUT2D eigenvalue weighted by Crippen LogP contribution is -1.98. The number of aryl methyl sites for hydroxylation is 1. The molecule has 0 unspecified atom stereocenters. The van der Waals surface area contributed by atoms with Gasteiger partial charge in [-0.25, -0.2) is 0 Å². The quantitative estimate of drug-likeness (QED) is 0.750. The van der Waals surface area contributed by atoms with E-state index in [9.17, 15) is 0 Å².